The molecule has 1 N–H and O–H groups in total. The van der Waals surface area contributed by atoms with Crippen LogP contribution < -0.4 is 5.32 Å². The smallest absolute Gasteiger partial charge is 0.251 e. The van der Waals surface area contributed by atoms with Gasteiger partial charge in [-0.2, -0.15) is 0 Å². The lowest BCUT2D eigenvalue weighted by atomic mass is 10.2. The maximum absolute atomic E-state index is 12.5. The second-order valence-electron chi connectivity index (χ2n) is 7.21. The molecule has 7 nitrogen and oxygen atoms in total. The number of hydrogen-bond donors (Lipinski definition) is 1. The molecule has 2 aliphatic rings. The van der Waals surface area contributed by atoms with Crippen LogP contribution in [0.25, 0.3) is 11.3 Å². The van der Waals surface area contributed by atoms with Gasteiger partial charge >= 0.3 is 0 Å². The largest absolute Gasteiger partial charge is 0.368 e. The van der Waals surface area contributed by atoms with E-state index in [-0.39, 0.29) is 36.0 Å². The predicted octanol–water partition coefficient (Wildman–Crippen LogP) is 2.83. The maximum atomic E-state index is 12.5. The number of carbonyl (C=O) groups is 1. The van der Waals surface area contributed by atoms with Gasteiger partial charge in [0.15, 0.2) is 5.96 Å². The highest BCUT2D eigenvalue weighted by Gasteiger charge is 2.30. The van der Waals surface area contributed by atoms with E-state index in [2.05, 4.69) is 32.7 Å². The summed E-state index contributed by atoms with van der Waals surface area (Å²) in [5, 5.41) is 6.53. The van der Waals surface area contributed by atoms with Crippen molar-refractivity contribution in [1.29, 1.82) is 0 Å². The van der Waals surface area contributed by atoms with Gasteiger partial charge in [0.05, 0.1) is 12.2 Å². The van der Waals surface area contributed by atoms with Crippen LogP contribution in [0.3, 0.4) is 0 Å². The van der Waals surface area contributed by atoms with Crippen molar-refractivity contribution in [1.82, 2.24) is 20.1 Å². The molecule has 0 saturated carbocycles. The molecule has 0 bridgehead atoms. The Kier molecular flexibility index (Phi) is 8.46. The lowest BCUT2D eigenvalue weighted by molar-refractivity contribution is -0.142. The summed E-state index contributed by atoms with van der Waals surface area (Å²) in [6.07, 6.45) is 1.60. The van der Waals surface area contributed by atoms with Gasteiger partial charge in [-0.3, -0.25) is 9.79 Å². The fourth-order valence-electron chi connectivity index (χ4n) is 3.74. The molecule has 2 aliphatic heterocycles. The number of halogens is 1. The Bertz CT molecular complexity index is 846. The summed E-state index contributed by atoms with van der Waals surface area (Å²) in [6.45, 7) is 4.29. The lowest BCUT2D eigenvalue weighted by Gasteiger charge is -2.37. The third-order valence-corrected chi connectivity index (χ3v) is 6.18. The molecule has 2 aromatic rings. The molecule has 30 heavy (non-hydrogen) atoms. The van der Waals surface area contributed by atoms with Gasteiger partial charge in [-0.05, 0) is 12.8 Å². The van der Waals surface area contributed by atoms with E-state index < -0.39 is 0 Å². The van der Waals surface area contributed by atoms with Crippen LogP contribution in [0.5, 0.6) is 0 Å². The summed E-state index contributed by atoms with van der Waals surface area (Å²) in [5.41, 5.74) is 2.13. The van der Waals surface area contributed by atoms with E-state index in [9.17, 15) is 4.79 Å². The summed E-state index contributed by atoms with van der Waals surface area (Å²) in [5.74, 6) is 0.993. The summed E-state index contributed by atoms with van der Waals surface area (Å²) in [7, 11) is 1.80. The topological polar surface area (TPSA) is 70.1 Å². The van der Waals surface area contributed by atoms with E-state index in [1.165, 1.54) is 0 Å². The van der Waals surface area contributed by atoms with Gasteiger partial charge in [-0.15, -0.1) is 35.3 Å². The summed E-state index contributed by atoms with van der Waals surface area (Å²) in [6, 6.07) is 10.2. The normalized spacial score (nSPS) is 19.5. The van der Waals surface area contributed by atoms with Crippen molar-refractivity contribution in [2.24, 2.45) is 4.99 Å². The highest BCUT2D eigenvalue weighted by atomic mass is 127. The van der Waals surface area contributed by atoms with Gasteiger partial charge in [-0.1, -0.05) is 30.3 Å². The maximum Gasteiger partial charge on any atom is 0.251 e. The molecule has 162 valence electrons. The number of nitrogens with zero attached hydrogens (tertiary/aromatic N) is 4. The number of rotatable bonds is 4. The first-order valence-electron chi connectivity index (χ1n) is 10.1. The van der Waals surface area contributed by atoms with Crippen molar-refractivity contribution < 1.29 is 9.53 Å². The number of benzene rings is 1. The predicted molar refractivity (Wildman–Crippen MR) is 130 cm³/mol. The van der Waals surface area contributed by atoms with Crippen LogP contribution in [0.15, 0.2) is 40.7 Å². The van der Waals surface area contributed by atoms with Gasteiger partial charge in [0.25, 0.3) is 5.91 Å². The van der Waals surface area contributed by atoms with Crippen LogP contribution in [-0.2, 0) is 16.1 Å². The highest BCUT2D eigenvalue weighted by molar-refractivity contribution is 14.0. The standard InChI is InChI=1S/C21H27N5O2S.HI/c1-22-21(23-14-19-24-17(15-29-19)16-6-3-2-4-7-16)26-11-9-25(10-12-26)20(27)18-8-5-13-28-18;/h2-4,6-7,15,18H,5,8-14H2,1H3,(H,22,23);1H. The summed E-state index contributed by atoms with van der Waals surface area (Å²) < 4.78 is 5.54. The Hall–Kier alpha value is -1.72. The van der Waals surface area contributed by atoms with Crippen molar-refractivity contribution in [3.63, 3.8) is 0 Å². The average molecular weight is 541 g/mol. The fourth-order valence-corrected chi connectivity index (χ4v) is 4.48. The molecule has 3 heterocycles. The van der Waals surface area contributed by atoms with E-state index in [1.54, 1.807) is 18.4 Å². The number of thiazole rings is 1. The molecule has 1 unspecified atom stereocenters. The number of ether oxygens (including phenoxy) is 1. The molecule has 2 fully saturated rings. The Labute approximate surface area is 198 Å². The molecule has 0 spiro atoms. The number of carbonyl (C=O) groups excluding carboxylic acids is 1. The molecular weight excluding hydrogens is 513 g/mol. The third kappa shape index (κ3) is 5.50. The SMILES string of the molecule is CN=C(NCc1nc(-c2ccccc2)cs1)N1CCN(C(=O)C2CCCO2)CC1.I. The van der Waals surface area contributed by atoms with E-state index in [0.29, 0.717) is 26.2 Å². The first-order chi connectivity index (χ1) is 14.2. The molecule has 9 heteroatoms. The number of guanidine groups is 1. The van der Waals surface area contributed by atoms with Crippen LogP contribution in [0.4, 0.5) is 0 Å². The molecule has 1 aromatic carbocycles. The van der Waals surface area contributed by atoms with Crippen molar-refractivity contribution in [2.45, 2.75) is 25.5 Å². The molecule has 4 rings (SSSR count). The molecule has 2 saturated heterocycles. The van der Waals surface area contributed by atoms with E-state index >= 15 is 0 Å². The number of amides is 1. The monoisotopic (exact) mass is 541 g/mol. The van der Waals surface area contributed by atoms with Crippen LogP contribution in [0.2, 0.25) is 0 Å². The number of nitrogens with one attached hydrogen (secondary N) is 1. The van der Waals surface area contributed by atoms with Gasteiger partial charge in [0.1, 0.15) is 11.1 Å². The minimum Gasteiger partial charge on any atom is -0.368 e. The van der Waals surface area contributed by atoms with Gasteiger partial charge in [0, 0.05) is 50.8 Å². The molecule has 0 radical (unpaired) electrons. The highest BCUT2D eigenvalue weighted by Crippen LogP contribution is 2.21. The second-order valence-corrected chi connectivity index (χ2v) is 8.15. The van der Waals surface area contributed by atoms with Gasteiger partial charge < -0.3 is 19.9 Å². The van der Waals surface area contributed by atoms with Crippen LogP contribution in [0.1, 0.15) is 17.8 Å². The fraction of sp³-hybridized carbons (Fsp3) is 0.476. The van der Waals surface area contributed by atoms with Crippen LogP contribution >= 0.6 is 35.3 Å². The quantitative estimate of drug-likeness (QED) is 0.367. The number of aliphatic imine (C=N–C) groups is 1. The van der Waals surface area contributed by atoms with E-state index in [1.807, 2.05) is 23.1 Å². The van der Waals surface area contributed by atoms with Crippen LogP contribution in [0, 0.1) is 0 Å². The Morgan fingerprint density at radius 1 is 1.23 bits per heavy atom. The van der Waals surface area contributed by atoms with Crippen molar-refractivity contribution in [2.75, 3.05) is 39.8 Å². The third-order valence-electron chi connectivity index (χ3n) is 5.33. The molecule has 0 aliphatic carbocycles. The molecule has 1 atom stereocenters. The van der Waals surface area contributed by atoms with Crippen molar-refractivity contribution in [3.8, 4) is 11.3 Å². The molecule has 1 amide bonds. The second kappa shape index (κ2) is 11.1. The summed E-state index contributed by atoms with van der Waals surface area (Å²) in [4.78, 5) is 25.8. The number of hydrogen-bond acceptors (Lipinski definition) is 5. The molecular formula is C21H28IN5O2S. The zero-order valence-electron chi connectivity index (χ0n) is 17.1. The molecule has 1 aromatic heterocycles. The Morgan fingerprint density at radius 3 is 2.63 bits per heavy atom. The minimum atomic E-state index is -0.234. The van der Waals surface area contributed by atoms with E-state index in [0.717, 1.165) is 48.2 Å². The minimum absolute atomic E-state index is 0. The lowest BCUT2D eigenvalue weighted by Crippen LogP contribution is -2.55. The van der Waals surface area contributed by atoms with Crippen molar-refractivity contribution >= 4 is 47.2 Å². The number of piperazine rings is 1. The van der Waals surface area contributed by atoms with Crippen LogP contribution in [-0.4, -0.2) is 72.6 Å². The average Bonchev–Trinajstić information content (AvgIpc) is 3.47. The van der Waals surface area contributed by atoms with Gasteiger partial charge in [0.2, 0.25) is 0 Å². The van der Waals surface area contributed by atoms with E-state index in [4.69, 9.17) is 9.72 Å². The summed E-state index contributed by atoms with van der Waals surface area (Å²) >= 11 is 1.65. The zero-order valence-corrected chi connectivity index (χ0v) is 20.3. The first-order valence-corrected chi connectivity index (χ1v) is 11.0. The zero-order chi connectivity index (χ0) is 20.1. The van der Waals surface area contributed by atoms with Crippen molar-refractivity contribution in [3.05, 3.63) is 40.7 Å². The number of aromatic nitrogens is 1. The van der Waals surface area contributed by atoms with Gasteiger partial charge in [-0.25, -0.2) is 4.98 Å². The Balaban J connectivity index is 0.00000256. The first kappa shape index (κ1) is 23.0. The Morgan fingerprint density at radius 2 is 1.97 bits per heavy atom.